The Morgan fingerprint density at radius 2 is 1.70 bits per heavy atom. The largest absolute Gasteiger partial charge is 0.457 e. The highest BCUT2D eigenvalue weighted by Crippen LogP contribution is 2.32. The first kappa shape index (κ1) is 14.9. The van der Waals surface area contributed by atoms with Gasteiger partial charge in [-0.1, -0.05) is 15.9 Å². The Hall–Kier alpha value is -1.53. The van der Waals surface area contributed by atoms with Crippen molar-refractivity contribution in [3.63, 3.8) is 0 Å². The van der Waals surface area contributed by atoms with Crippen LogP contribution in [0.15, 0.2) is 46.9 Å². The molecule has 1 N–H and O–H groups in total. The molecule has 2 aromatic carbocycles. The highest BCUT2D eigenvalue weighted by atomic mass is 79.9. The Morgan fingerprint density at radius 3 is 2.25 bits per heavy atom. The van der Waals surface area contributed by atoms with Crippen LogP contribution in [0.3, 0.4) is 0 Å². The summed E-state index contributed by atoms with van der Waals surface area (Å²) in [5.74, 6) is 0.672. The lowest BCUT2D eigenvalue weighted by molar-refractivity contribution is -0.137. The van der Waals surface area contributed by atoms with E-state index in [9.17, 15) is 18.3 Å². The number of hydrogen-bond acceptors (Lipinski definition) is 2. The van der Waals surface area contributed by atoms with Gasteiger partial charge in [0.1, 0.15) is 11.5 Å². The van der Waals surface area contributed by atoms with Crippen LogP contribution in [-0.2, 0) is 12.8 Å². The van der Waals surface area contributed by atoms with Crippen molar-refractivity contribution in [3.05, 3.63) is 58.1 Å². The number of aliphatic hydroxyl groups is 1. The molecule has 0 spiro atoms. The van der Waals surface area contributed by atoms with Gasteiger partial charge in [-0.25, -0.2) is 0 Å². The molecule has 20 heavy (non-hydrogen) atoms. The fourth-order valence-corrected chi connectivity index (χ4v) is 2.02. The fourth-order valence-electron chi connectivity index (χ4n) is 1.61. The molecule has 0 saturated heterocycles. The van der Waals surface area contributed by atoms with Crippen molar-refractivity contribution >= 4 is 15.9 Å². The molecule has 0 amide bonds. The highest BCUT2D eigenvalue weighted by molar-refractivity contribution is 9.10. The van der Waals surface area contributed by atoms with Gasteiger partial charge in [0, 0.05) is 10.0 Å². The molecule has 2 nitrogen and oxygen atoms in total. The third kappa shape index (κ3) is 3.52. The zero-order valence-electron chi connectivity index (χ0n) is 10.1. The minimum Gasteiger partial charge on any atom is -0.457 e. The minimum atomic E-state index is -4.37. The summed E-state index contributed by atoms with van der Waals surface area (Å²) in [6.07, 6.45) is -4.37. The molecule has 0 bridgehead atoms. The average molecular weight is 347 g/mol. The van der Waals surface area contributed by atoms with E-state index in [1.165, 1.54) is 12.1 Å². The highest BCUT2D eigenvalue weighted by Gasteiger charge is 2.30. The van der Waals surface area contributed by atoms with E-state index >= 15 is 0 Å². The van der Waals surface area contributed by atoms with Crippen molar-refractivity contribution in [2.24, 2.45) is 0 Å². The molecule has 0 fully saturated rings. The Labute approximate surface area is 121 Å². The van der Waals surface area contributed by atoms with E-state index in [1.807, 2.05) is 0 Å². The number of ether oxygens (including phenoxy) is 1. The van der Waals surface area contributed by atoms with Crippen LogP contribution in [0.2, 0.25) is 0 Å². The molecule has 0 unspecified atom stereocenters. The van der Waals surface area contributed by atoms with E-state index in [0.717, 1.165) is 16.6 Å². The lowest BCUT2D eigenvalue weighted by Crippen LogP contribution is -2.04. The van der Waals surface area contributed by atoms with Gasteiger partial charge in [-0.15, -0.1) is 0 Å². The Morgan fingerprint density at radius 1 is 1.05 bits per heavy atom. The van der Waals surface area contributed by atoms with Crippen LogP contribution >= 0.6 is 15.9 Å². The molecule has 0 aliphatic heterocycles. The predicted octanol–water partition coefficient (Wildman–Crippen LogP) is 4.75. The smallest absolute Gasteiger partial charge is 0.416 e. The van der Waals surface area contributed by atoms with Gasteiger partial charge in [-0.2, -0.15) is 13.2 Å². The lowest BCUT2D eigenvalue weighted by Gasteiger charge is -2.11. The molecule has 0 atom stereocenters. The van der Waals surface area contributed by atoms with E-state index < -0.39 is 11.7 Å². The van der Waals surface area contributed by atoms with Gasteiger partial charge in [-0.3, -0.25) is 0 Å². The number of aliphatic hydroxyl groups excluding tert-OH is 1. The second-order valence-corrected chi connectivity index (χ2v) is 4.95. The Balaban J connectivity index is 2.22. The first-order valence-electron chi connectivity index (χ1n) is 5.64. The molecule has 0 aliphatic rings. The zero-order chi connectivity index (χ0) is 14.8. The first-order chi connectivity index (χ1) is 9.40. The van der Waals surface area contributed by atoms with E-state index in [4.69, 9.17) is 4.74 Å². The van der Waals surface area contributed by atoms with Crippen LogP contribution in [-0.4, -0.2) is 5.11 Å². The van der Waals surface area contributed by atoms with Gasteiger partial charge < -0.3 is 9.84 Å². The predicted molar refractivity (Wildman–Crippen MR) is 71.6 cm³/mol. The maximum Gasteiger partial charge on any atom is 0.416 e. The van der Waals surface area contributed by atoms with Crippen LogP contribution in [0.4, 0.5) is 13.2 Å². The van der Waals surface area contributed by atoms with Crippen molar-refractivity contribution in [1.82, 2.24) is 0 Å². The molecular formula is C14H10BrF3O2. The van der Waals surface area contributed by atoms with Crippen LogP contribution in [0, 0.1) is 0 Å². The SMILES string of the molecule is OCc1cc(Br)ccc1Oc1ccc(C(F)(F)F)cc1. The second kappa shape index (κ2) is 5.85. The maximum atomic E-state index is 12.4. The van der Waals surface area contributed by atoms with Gasteiger partial charge in [0.2, 0.25) is 0 Å². The third-order valence-electron chi connectivity index (χ3n) is 2.60. The van der Waals surface area contributed by atoms with Crippen molar-refractivity contribution in [2.45, 2.75) is 12.8 Å². The molecule has 0 aliphatic carbocycles. The van der Waals surface area contributed by atoms with Crippen LogP contribution in [0.5, 0.6) is 11.5 Å². The van der Waals surface area contributed by atoms with Gasteiger partial charge in [0.25, 0.3) is 0 Å². The molecule has 6 heteroatoms. The average Bonchev–Trinajstić information content (AvgIpc) is 2.40. The second-order valence-electron chi connectivity index (χ2n) is 4.03. The number of benzene rings is 2. The normalized spacial score (nSPS) is 11.4. The Bertz CT molecular complexity index is 594. The summed E-state index contributed by atoms with van der Waals surface area (Å²) in [6.45, 7) is -0.227. The summed E-state index contributed by atoms with van der Waals surface area (Å²) in [6, 6.07) is 9.42. The van der Waals surface area contributed by atoms with E-state index in [1.54, 1.807) is 18.2 Å². The van der Waals surface area contributed by atoms with Gasteiger partial charge in [0.05, 0.1) is 12.2 Å². The van der Waals surface area contributed by atoms with Crippen LogP contribution in [0.1, 0.15) is 11.1 Å². The van der Waals surface area contributed by atoms with Gasteiger partial charge in [-0.05, 0) is 42.5 Å². The molecule has 0 radical (unpaired) electrons. The summed E-state index contributed by atoms with van der Waals surface area (Å²) in [5, 5.41) is 9.22. The number of hydrogen-bond donors (Lipinski definition) is 1. The summed E-state index contributed by atoms with van der Waals surface area (Å²) in [7, 11) is 0. The molecule has 2 rings (SSSR count). The topological polar surface area (TPSA) is 29.5 Å². The summed E-state index contributed by atoms with van der Waals surface area (Å²) >= 11 is 3.26. The monoisotopic (exact) mass is 346 g/mol. The zero-order valence-corrected chi connectivity index (χ0v) is 11.7. The molecular weight excluding hydrogens is 337 g/mol. The molecule has 106 valence electrons. The first-order valence-corrected chi connectivity index (χ1v) is 6.44. The molecule has 0 saturated carbocycles. The van der Waals surface area contributed by atoms with Crippen molar-refractivity contribution in [1.29, 1.82) is 0 Å². The van der Waals surface area contributed by atoms with E-state index in [2.05, 4.69) is 15.9 Å². The standard InChI is InChI=1S/C14H10BrF3O2/c15-11-3-6-13(9(7-11)8-19)20-12-4-1-10(2-5-12)14(16,17)18/h1-7,19H,8H2. The van der Waals surface area contributed by atoms with Gasteiger partial charge in [0.15, 0.2) is 0 Å². The van der Waals surface area contributed by atoms with Gasteiger partial charge >= 0.3 is 6.18 Å². The fraction of sp³-hybridized carbons (Fsp3) is 0.143. The third-order valence-corrected chi connectivity index (χ3v) is 3.10. The quantitative estimate of drug-likeness (QED) is 0.868. The number of rotatable bonds is 3. The lowest BCUT2D eigenvalue weighted by atomic mass is 10.2. The summed E-state index contributed by atoms with van der Waals surface area (Å²) in [4.78, 5) is 0. The van der Waals surface area contributed by atoms with Crippen molar-refractivity contribution in [3.8, 4) is 11.5 Å². The van der Waals surface area contributed by atoms with Crippen molar-refractivity contribution < 1.29 is 23.0 Å². The van der Waals surface area contributed by atoms with Crippen LogP contribution < -0.4 is 4.74 Å². The van der Waals surface area contributed by atoms with E-state index in [-0.39, 0.29) is 12.4 Å². The molecule has 0 aromatic heterocycles. The molecule has 2 aromatic rings. The summed E-state index contributed by atoms with van der Waals surface area (Å²) in [5.41, 5.74) is -0.192. The van der Waals surface area contributed by atoms with Crippen LogP contribution in [0.25, 0.3) is 0 Å². The number of alkyl halides is 3. The van der Waals surface area contributed by atoms with E-state index in [0.29, 0.717) is 11.3 Å². The van der Waals surface area contributed by atoms with Crippen molar-refractivity contribution in [2.75, 3.05) is 0 Å². The number of halogens is 4. The maximum absolute atomic E-state index is 12.4. The molecule has 0 heterocycles. The Kier molecular flexibility index (Phi) is 4.35. The minimum absolute atomic E-state index is 0.227. The summed E-state index contributed by atoms with van der Waals surface area (Å²) < 4.78 is 43.5.